The van der Waals surface area contributed by atoms with Gasteiger partial charge in [-0.2, -0.15) is 26.3 Å². The van der Waals surface area contributed by atoms with Crippen LogP contribution < -0.4 is 5.32 Å². The van der Waals surface area contributed by atoms with Crippen LogP contribution in [0.3, 0.4) is 0 Å². The SMILES string of the molecule is CC(CCC(=O)c1ccc(/C=C/C(c2cc(Cl)c(Cl)c(Cl)c2)C(F)(F)F)cc1Br)NC(=O)CC(F)(F)F. The number of amides is 1. The van der Waals surface area contributed by atoms with E-state index >= 15 is 0 Å². The molecule has 0 fully saturated rings. The van der Waals surface area contributed by atoms with Gasteiger partial charge < -0.3 is 5.32 Å². The third kappa shape index (κ3) is 9.81. The number of carbonyl (C=O) groups is 2. The maximum absolute atomic E-state index is 13.7. The fraction of sp³-hybridized carbons (Fsp3) is 0.333. The number of carbonyl (C=O) groups excluding carboxylic acids is 2. The third-order valence-electron chi connectivity index (χ3n) is 5.07. The van der Waals surface area contributed by atoms with E-state index in [0.29, 0.717) is 10.0 Å². The quantitative estimate of drug-likeness (QED) is 0.167. The minimum Gasteiger partial charge on any atom is -0.353 e. The van der Waals surface area contributed by atoms with Crippen molar-refractivity contribution in [3.05, 3.63) is 72.6 Å². The van der Waals surface area contributed by atoms with Crippen molar-refractivity contribution in [2.24, 2.45) is 0 Å². The molecule has 0 radical (unpaired) electrons. The lowest BCUT2D eigenvalue weighted by atomic mass is 9.96. The molecular weight excluding hydrogens is 635 g/mol. The van der Waals surface area contributed by atoms with E-state index in [1.165, 1.54) is 31.2 Å². The van der Waals surface area contributed by atoms with Gasteiger partial charge in [-0.15, -0.1) is 0 Å². The Bertz CT molecular complexity index is 1160. The minimum atomic E-state index is -4.66. The lowest BCUT2D eigenvalue weighted by Gasteiger charge is -2.18. The number of rotatable bonds is 9. The number of hydrogen-bond acceptors (Lipinski definition) is 2. The Labute approximate surface area is 232 Å². The van der Waals surface area contributed by atoms with Gasteiger partial charge in [0.05, 0.1) is 21.0 Å². The molecule has 0 aliphatic rings. The lowest BCUT2D eigenvalue weighted by molar-refractivity contribution is -0.154. The van der Waals surface area contributed by atoms with Crippen LogP contribution in [0.2, 0.25) is 15.1 Å². The molecule has 0 spiro atoms. The Hall–Kier alpha value is -1.75. The predicted octanol–water partition coefficient (Wildman–Crippen LogP) is 9.19. The van der Waals surface area contributed by atoms with Gasteiger partial charge in [-0.1, -0.05) is 69.0 Å². The summed E-state index contributed by atoms with van der Waals surface area (Å²) in [6, 6.07) is 5.81. The van der Waals surface area contributed by atoms with Crippen molar-refractivity contribution >= 4 is 68.5 Å². The van der Waals surface area contributed by atoms with E-state index in [-0.39, 0.29) is 44.8 Å². The van der Waals surface area contributed by atoms with Gasteiger partial charge in [0.2, 0.25) is 5.91 Å². The van der Waals surface area contributed by atoms with Gasteiger partial charge >= 0.3 is 12.4 Å². The predicted molar refractivity (Wildman–Crippen MR) is 135 cm³/mol. The molecule has 3 nitrogen and oxygen atoms in total. The van der Waals surface area contributed by atoms with Gasteiger partial charge in [-0.25, -0.2) is 0 Å². The zero-order chi connectivity index (χ0) is 28.1. The van der Waals surface area contributed by atoms with Crippen LogP contribution in [0.25, 0.3) is 6.08 Å². The molecule has 1 N–H and O–H groups in total. The molecule has 13 heteroatoms. The van der Waals surface area contributed by atoms with Crippen molar-refractivity contribution in [2.45, 2.75) is 50.5 Å². The number of Topliss-reactive ketones (excluding diaryl/α,β-unsaturated/α-hetero) is 1. The molecular formula is C24H19BrCl3F6NO2. The Morgan fingerprint density at radius 2 is 1.62 bits per heavy atom. The molecule has 0 bridgehead atoms. The van der Waals surface area contributed by atoms with Crippen LogP contribution >= 0.6 is 50.7 Å². The molecule has 2 aromatic rings. The Balaban J connectivity index is 2.11. The average Bonchev–Trinajstić information content (AvgIpc) is 2.73. The number of benzene rings is 2. The summed E-state index contributed by atoms with van der Waals surface area (Å²) in [6.07, 6.45) is -8.73. The van der Waals surface area contributed by atoms with Crippen LogP contribution in [-0.4, -0.2) is 30.1 Å². The van der Waals surface area contributed by atoms with Crippen LogP contribution in [0.1, 0.15) is 53.6 Å². The van der Waals surface area contributed by atoms with Gasteiger partial charge in [0.15, 0.2) is 5.78 Å². The van der Waals surface area contributed by atoms with Crippen LogP contribution in [0.4, 0.5) is 26.3 Å². The van der Waals surface area contributed by atoms with Crippen molar-refractivity contribution in [1.29, 1.82) is 0 Å². The van der Waals surface area contributed by atoms with E-state index < -0.39 is 36.6 Å². The second-order valence-electron chi connectivity index (χ2n) is 8.14. The molecule has 202 valence electrons. The van der Waals surface area contributed by atoms with E-state index in [1.807, 2.05) is 0 Å². The summed E-state index contributed by atoms with van der Waals surface area (Å²) >= 11 is 20.8. The highest BCUT2D eigenvalue weighted by Crippen LogP contribution is 2.41. The van der Waals surface area contributed by atoms with Crippen molar-refractivity contribution in [1.82, 2.24) is 5.32 Å². The van der Waals surface area contributed by atoms with E-state index in [2.05, 4.69) is 21.2 Å². The standard InChI is InChI=1S/C24H19BrCl3F6NO2/c1-12(35-21(37)11-23(29,30)31)2-7-20(36)15-5-3-13(8-17(15)25)4-6-16(24(32,33)34)14-9-18(26)22(28)19(27)10-14/h3-6,8-10,12,16H,2,7,11H2,1H3,(H,35,37)/b6-4+. The zero-order valence-corrected chi connectivity index (χ0v) is 22.8. The first-order valence-electron chi connectivity index (χ1n) is 10.6. The van der Waals surface area contributed by atoms with Crippen molar-refractivity contribution in [3.8, 4) is 0 Å². The lowest BCUT2D eigenvalue weighted by Crippen LogP contribution is -2.35. The topological polar surface area (TPSA) is 46.2 Å². The first kappa shape index (κ1) is 31.5. The number of ketones is 1. The van der Waals surface area contributed by atoms with E-state index in [4.69, 9.17) is 34.8 Å². The summed E-state index contributed by atoms with van der Waals surface area (Å²) in [5, 5.41) is 1.89. The van der Waals surface area contributed by atoms with Gasteiger partial charge in [0, 0.05) is 22.5 Å². The molecule has 0 aliphatic carbocycles. The van der Waals surface area contributed by atoms with Crippen LogP contribution in [-0.2, 0) is 4.79 Å². The van der Waals surface area contributed by atoms with Crippen molar-refractivity contribution < 1.29 is 35.9 Å². The van der Waals surface area contributed by atoms with Crippen LogP contribution in [0.5, 0.6) is 0 Å². The van der Waals surface area contributed by atoms with E-state index in [0.717, 1.165) is 18.2 Å². The monoisotopic (exact) mass is 651 g/mol. The highest BCUT2D eigenvalue weighted by molar-refractivity contribution is 9.10. The molecule has 0 aromatic heterocycles. The highest BCUT2D eigenvalue weighted by Gasteiger charge is 2.39. The Morgan fingerprint density at radius 3 is 2.14 bits per heavy atom. The summed E-state index contributed by atoms with van der Waals surface area (Å²) in [5.74, 6) is -3.59. The summed E-state index contributed by atoms with van der Waals surface area (Å²) in [5.41, 5.74) is 0.386. The Morgan fingerprint density at radius 1 is 1.03 bits per heavy atom. The molecule has 0 saturated carbocycles. The summed E-state index contributed by atoms with van der Waals surface area (Å²) in [4.78, 5) is 23.9. The molecule has 2 aromatic carbocycles. The van der Waals surface area contributed by atoms with Crippen LogP contribution in [0, 0.1) is 0 Å². The molecule has 2 rings (SSSR count). The Kier molecular flexibility index (Phi) is 10.9. The number of alkyl halides is 6. The van der Waals surface area contributed by atoms with Gasteiger partial charge in [0.1, 0.15) is 6.42 Å². The highest BCUT2D eigenvalue weighted by atomic mass is 79.9. The number of allylic oxidation sites excluding steroid dienone is 1. The fourth-order valence-corrected chi connectivity index (χ4v) is 4.53. The van der Waals surface area contributed by atoms with Gasteiger partial charge in [-0.05, 0) is 48.7 Å². The number of nitrogens with one attached hydrogen (secondary N) is 1. The minimum absolute atomic E-state index is 0.0562. The van der Waals surface area contributed by atoms with Gasteiger partial charge in [0.25, 0.3) is 0 Å². The van der Waals surface area contributed by atoms with Crippen molar-refractivity contribution in [3.63, 3.8) is 0 Å². The second-order valence-corrected chi connectivity index (χ2v) is 10.2. The number of halogens is 10. The smallest absolute Gasteiger partial charge is 0.353 e. The summed E-state index contributed by atoms with van der Waals surface area (Å²) in [7, 11) is 0. The molecule has 0 saturated heterocycles. The molecule has 0 aliphatic heterocycles. The first-order valence-corrected chi connectivity index (χ1v) is 12.5. The summed E-state index contributed by atoms with van der Waals surface area (Å²) < 4.78 is 78.3. The normalized spacial score (nSPS) is 14.0. The summed E-state index contributed by atoms with van der Waals surface area (Å²) in [6.45, 7) is 1.47. The molecule has 2 atom stereocenters. The number of hydrogen-bond donors (Lipinski definition) is 1. The largest absolute Gasteiger partial charge is 0.399 e. The molecule has 37 heavy (non-hydrogen) atoms. The third-order valence-corrected chi connectivity index (χ3v) is 6.92. The second kappa shape index (κ2) is 12.9. The van der Waals surface area contributed by atoms with Gasteiger partial charge in [-0.3, -0.25) is 9.59 Å². The molecule has 2 unspecified atom stereocenters. The van der Waals surface area contributed by atoms with E-state index in [9.17, 15) is 35.9 Å². The van der Waals surface area contributed by atoms with E-state index in [1.54, 1.807) is 0 Å². The average molecular weight is 654 g/mol. The molecule has 0 heterocycles. The zero-order valence-electron chi connectivity index (χ0n) is 18.9. The first-order chi connectivity index (χ1) is 17.0. The molecule has 1 amide bonds. The fourth-order valence-electron chi connectivity index (χ4n) is 3.29. The maximum Gasteiger partial charge on any atom is 0.399 e. The van der Waals surface area contributed by atoms with Crippen molar-refractivity contribution in [2.75, 3.05) is 0 Å². The van der Waals surface area contributed by atoms with Crippen LogP contribution in [0.15, 0.2) is 40.9 Å². The maximum atomic E-state index is 13.7.